The zero-order valence-corrected chi connectivity index (χ0v) is 14.1. The Morgan fingerprint density at radius 3 is 2.68 bits per heavy atom. The third-order valence-electron chi connectivity index (χ3n) is 3.48. The summed E-state index contributed by atoms with van der Waals surface area (Å²) in [6, 6.07) is 9.66. The Hall–Kier alpha value is -3.00. The van der Waals surface area contributed by atoms with Gasteiger partial charge in [-0.1, -0.05) is 0 Å². The van der Waals surface area contributed by atoms with E-state index < -0.39 is 4.92 Å². The summed E-state index contributed by atoms with van der Waals surface area (Å²) < 4.78 is 0. The van der Waals surface area contributed by atoms with Crippen molar-refractivity contribution in [2.45, 2.75) is 6.92 Å². The lowest BCUT2D eigenvalue weighted by molar-refractivity contribution is -0.384. The number of rotatable bonds is 4. The van der Waals surface area contributed by atoms with Crippen LogP contribution in [0.4, 0.5) is 11.4 Å². The van der Waals surface area contributed by atoms with E-state index >= 15 is 0 Å². The summed E-state index contributed by atoms with van der Waals surface area (Å²) in [6.07, 6.45) is 5.00. The molecule has 0 atom stereocenters. The van der Waals surface area contributed by atoms with E-state index in [9.17, 15) is 14.9 Å². The number of carbonyl (C=O) groups is 1. The molecule has 2 heterocycles. The second-order valence-corrected chi connectivity index (χ2v) is 6.12. The molecule has 1 amide bonds. The van der Waals surface area contributed by atoms with Crippen molar-refractivity contribution in [1.82, 2.24) is 9.88 Å². The molecule has 1 aromatic carbocycles. The van der Waals surface area contributed by atoms with Crippen LogP contribution in [0.5, 0.6) is 0 Å². The van der Waals surface area contributed by atoms with Crippen LogP contribution < -0.4 is 0 Å². The molecule has 7 nitrogen and oxygen atoms in total. The molecule has 0 bridgehead atoms. The zero-order chi connectivity index (χ0) is 17.8. The maximum Gasteiger partial charge on any atom is 0.269 e. The molecule has 1 aromatic heterocycles. The number of nitro benzene ring substituents is 1. The van der Waals surface area contributed by atoms with Gasteiger partial charge in [0.1, 0.15) is 0 Å². The van der Waals surface area contributed by atoms with Crippen molar-refractivity contribution in [3.8, 4) is 0 Å². The number of non-ortho nitro benzene ring substituents is 1. The Bertz CT molecular complexity index is 863. The van der Waals surface area contributed by atoms with Crippen molar-refractivity contribution in [1.29, 1.82) is 0 Å². The molecule has 3 rings (SSSR count). The van der Waals surface area contributed by atoms with Crippen LogP contribution >= 0.6 is 11.8 Å². The van der Waals surface area contributed by atoms with E-state index in [1.807, 2.05) is 13.0 Å². The number of pyridine rings is 1. The first-order valence-electron chi connectivity index (χ1n) is 7.53. The summed E-state index contributed by atoms with van der Waals surface area (Å²) in [4.78, 5) is 33.4. The first-order valence-corrected chi connectivity index (χ1v) is 8.34. The number of amidine groups is 1. The van der Waals surface area contributed by atoms with Crippen LogP contribution in [-0.4, -0.2) is 32.4 Å². The third-order valence-corrected chi connectivity index (χ3v) is 4.48. The largest absolute Gasteiger partial charge is 0.287 e. The number of carbonyl (C=O) groups excluding carboxylic acids is 1. The Labute approximate surface area is 148 Å². The van der Waals surface area contributed by atoms with Gasteiger partial charge in [0.2, 0.25) is 0 Å². The number of hydrogen-bond acceptors (Lipinski definition) is 6. The van der Waals surface area contributed by atoms with E-state index in [0.29, 0.717) is 22.3 Å². The first kappa shape index (κ1) is 16.8. The fourth-order valence-electron chi connectivity index (χ4n) is 2.24. The van der Waals surface area contributed by atoms with Gasteiger partial charge in [-0.25, -0.2) is 4.99 Å². The van der Waals surface area contributed by atoms with Crippen LogP contribution in [0.15, 0.2) is 58.7 Å². The van der Waals surface area contributed by atoms with Crippen molar-refractivity contribution < 1.29 is 9.72 Å². The van der Waals surface area contributed by atoms with Crippen LogP contribution in [0, 0.1) is 10.1 Å². The van der Waals surface area contributed by atoms with Gasteiger partial charge in [0.15, 0.2) is 5.17 Å². The van der Waals surface area contributed by atoms with E-state index in [4.69, 9.17) is 0 Å². The number of aromatic nitrogens is 1. The monoisotopic (exact) mass is 354 g/mol. The van der Waals surface area contributed by atoms with E-state index in [-0.39, 0.29) is 11.6 Å². The van der Waals surface area contributed by atoms with E-state index in [1.54, 1.807) is 41.6 Å². The lowest BCUT2D eigenvalue weighted by Crippen LogP contribution is -2.28. The van der Waals surface area contributed by atoms with Gasteiger partial charge in [-0.05, 0) is 54.6 Å². The first-order chi connectivity index (χ1) is 12.1. The Balaban J connectivity index is 1.89. The predicted molar refractivity (Wildman–Crippen MR) is 97.4 cm³/mol. The molecule has 1 aliphatic heterocycles. The van der Waals surface area contributed by atoms with Gasteiger partial charge in [0.05, 0.1) is 21.7 Å². The summed E-state index contributed by atoms with van der Waals surface area (Å²) >= 11 is 1.28. The lowest BCUT2D eigenvalue weighted by Gasteiger charge is -2.11. The van der Waals surface area contributed by atoms with Crippen LogP contribution in [0.3, 0.4) is 0 Å². The summed E-state index contributed by atoms with van der Waals surface area (Å²) in [7, 11) is 0. The van der Waals surface area contributed by atoms with Crippen LogP contribution in [0.25, 0.3) is 6.08 Å². The molecule has 8 heteroatoms. The molecular weight excluding hydrogens is 340 g/mol. The summed E-state index contributed by atoms with van der Waals surface area (Å²) in [5.74, 6) is -0.131. The summed E-state index contributed by atoms with van der Waals surface area (Å²) in [6.45, 7) is 2.38. The van der Waals surface area contributed by atoms with Crippen molar-refractivity contribution in [2.24, 2.45) is 4.99 Å². The molecule has 0 N–H and O–H groups in total. The average Bonchev–Trinajstić information content (AvgIpc) is 2.91. The van der Waals surface area contributed by atoms with Gasteiger partial charge >= 0.3 is 0 Å². The van der Waals surface area contributed by atoms with Crippen molar-refractivity contribution in [3.63, 3.8) is 0 Å². The topological polar surface area (TPSA) is 88.7 Å². The number of aliphatic imine (C=N–C) groups is 1. The highest BCUT2D eigenvalue weighted by molar-refractivity contribution is 8.18. The maximum absolute atomic E-state index is 12.5. The highest BCUT2D eigenvalue weighted by atomic mass is 32.2. The molecule has 2 aromatic rings. The van der Waals surface area contributed by atoms with Crippen molar-refractivity contribution >= 4 is 40.3 Å². The zero-order valence-electron chi connectivity index (χ0n) is 13.3. The molecule has 1 aliphatic rings. The van der Waals surface area contributed by atoms with E-state index in [0.717, 1.165) is 5.56 Å². The predicted octanol–water partition coefficient (Wildman–Crippen LogP) is 3.61. The van der Waals surface area contributed by atoms with Gasteiger partial charge in [0, 0.05) is 24.9 Å². The SMILES string of the molecule is CCN1C(=O)/C(=C/c2ccc([N+](=O)[O-])cc2)SC1=Nc1cccnc1. The highest BCUT2D eigenvalue weighted by Gasteiger charge is 2.32. The quantitative estimate of drug-likeness (QED) is 0.475. The number of hydrogen-bond donors (Lipinski definition) is 0. The maximum atomic E-state index is 12.5. The molecule has 0 saturated carbocycles. The number of nitrogens with zero attached hydrogens (tertiary/aromatic N) is 4. The highest BCUT2D eigenvalue weighted by Crippen LogP contribution is 2.33. The molecule has 0 aliphatic carbocycles. The van der Waals surface area contributed by atoms with Crippen molar-refractivity contribution in [3.05, 3.63) is 69.4 Å². The minimum Gasteiger partial charge on any atom is -0.287 e. The normalized spacial score (nSPS) is 17.5. The second kappa shape index (κ2) is 7.27. The fourth-order valence-corrected chi connectivity index (χ4v) is 3.31. The standard InChI is InChI=1S/C17H14N4O3S/c1-2-20-16(22)15(10-12-5-7-14(8-6-12)21(23)24)25-17(20)19-13-4-3-9-18-11-13/h3-11H,2H2,1H3/b15-10-,19-17?. The molecule has 25 heavy (non-hydrogen) atoms. The molecule has 126 valence electrons. The summed E-state index contributed by atoms with van der Waals surface area (Å²) in [5, 5.41) is 11.3. The number of nitro groups is 1. The van der Waals surface area contributed by atoms with Gasteiger partial charge in [-0.2, -0.15) is 0 Å². The molecule has 1 saturated heterocycles. The second-order valence-electron chi connectivity index (χ2n) is 5.11. The third kappa shape index (κ3) is 3.74. The smallest absolute Gasteiger partial charge is 0.269 e. The van der Waals surface area contributed by atoms with Crippen LogP contribution in [-0.2, 0) is 4.79 Å². The Morgan fingerprint density at radius 2 is 2.08 bits per heavy atom. The van der Waals surface area contributed by atoms with Gasteiger partial charge in [0.25, 0.3) is 11.6 Å². The van der Waals surface area contributed by atoms with E-state index in [2.05, 4.69) is 9.98 Å². The Kier molecular flexibility index (Phi) is 4.90. The van der Waals surface area contributed by atoms with Gasteiger partial charge in [-0.3, -0.25) is 24.8 Å². The lowest BCUT2D eigenvalue weighted by atomic mass is 10.2. The number of likely N-dealkylation sites (N-methyl/N-ethyl adjacent to an activating group) is 1. The summed E-state index contributed by atoms with van der Waals surface area (Å²) in [5.41, 5.74) is 1.41. The molecule has 0 spiro atoms. The number of thioether (sulfide) groups is 1. The fraction of sp³-hybridized carbons (Fsp3) is 0.118. The van der Waals surface area contributed by atoms with Crippen molar-refractivity contribution in [2.75, 3.05) is 6.54 Å². The minimum atomic E-state index is -0.454. The average molecular weight is 354 g/mol. The van der Waals surface area contributed by atoms with Crippen LogP contribution in [0.1, 0.15) is 12.5 Å². The van der Waals surface area contributed by atoms with E-state index in [1.165, 1.54) is 23.9 Å². The molecule has 0 unspecified atom stereocenters. The Morgan fingerprint density at radius 1 is 1.32 bits per heavy atom. The van der Waals surface area contributed by atoms with Gasteiger partial charge in [-0.15, -0.1) is 0 Å². The molecular formula is C17H14N4O3S. The molecule has 0 radical (unpaired) electrons. The van der Waals surface area contributed by atoms with Gasteiger partial charge < -0.3 is 0 Å². The van der Waals surface area contributed by atoms with Crippen LogP contribution in [0.2, 0.25) is 0 Å². The molecule has 1 fully saturated rings. The number of benzene rings is 1. The number of amides is 1. The minimum absolute atomic E-state index is 0.0153.